The number of H-pyrrole nitrogens is 1. The molecule has 1 unspecified atom stereocenters. The molecule has 0 spiro atoms. The highest BCUT2D eigenvalue weighted by atomic mass is 16.2. The first-order valence-electron chi connectivity index (χ1n) is 7.39. The summed E-state index contributed by atoms with van der Waals surface area (Å²) in [5.41, 5.74) is 0.799. The van der Waals surface area contributed by atoms with E-state index in [-0.39, 0.29) is 17.5 Å². The van der Waals surface area contributed by atoms with Gasteiger partial charge in [0.15, 0.2) is 0 Å². The number of rotatable bonds is 2. The van der Waals surface area contributed by atoms with Crippen LogP contribution in [0.5, 0.6) is 0 Å². The van der Waals surface area contributed by atoms with Crippen molar-refractivity contribution in [3.05, 3.63) is 58.5 Å². The Morgan fingerprint density at radius 2 is 2.26 bits per heavy atom. The minimum Gasteiger partial charge on any atom is -0.329 e. The third kappa shape index (κ3) is 2.37. The number of fused-ring (bicyclic) bond motifs is 1. The van der Waals surface area contributed by atoms with Gasteiger partial charge in [0, 0.05) is 31.2 Å². The van der Waals surface area contributed by atoms with Crippen molar-refractivity contribution in [2.24, 2.45) is 0 Å². The standard InChI is InChI=1S/C15H14N6O2/c22-13-5-4-10(18-19-13)12-3-1-8-21(12)14(23)11-9-20-7-2-6-16-15(20)17-11/h2,4-7,9,12H,1,3,8H2,(H,19,22). The van der Waals surface area contributed by atoms with Crippen LogP contribution in [0, 0.1) is 0 Å². The summed E-state index contributed by atoms with van der Waals surface area (Å²) in [6.45, 7) is 0.644. The van der Waals surface area contributed by atoms with Crippen molar-refractivity contribution in [2.45, 2.75) is 18.9 Å². The number of hydrogen-bond acceptors (Lipinski definition) is 5. The molecule has 1 fully saturated rings. The minimum absolute atomic E-state index is 0.142. The van der Waals surface area contributed by atoms with Crippen molar-refractivity contribution in [3.8, 4) is 0 Å². The first-order valence-corrected chi connectivity index (χ1v) is 7.39. The largest absolute Gasteiger partial charge is 0.329 e. The Hall–Kier alpha value is -3.03. The predicted octanol–water partition coefficient (Wildman–Crippen LogP) is 0.790. The molecule has 3 aromatic heterocycles. The van der Waals surface area contributed by atoms with Gasteiger partial charge in [-0.1, -0.05) is 0 Å². The van der Waals surface area contributed by atoms with Crippen LogP contribution < -0.4 is 5.56 Å². The monoisotopic (exact) mass is 310 g/mol. The number of imidazole rings is 1. The highest BCUT2D eigenvalue weighted by Gasteiger charge is 2.32. The average molecular weight is 310 g/mol. The van der Waals surface area contributed by atoms with Gasteiger partial charge in [-0.3, -0.25) is 14.0 Å². The van der Waals surface area contributed by atoms with E-state index in [9.17, 15) is 9.59 Å². The Bertz CT molecular complexity index is 877. The van der Waals surface area contributed by atoms with Crippen LogP contribution in [-0.4, -0.2) is 41.9 Å². The van der Waals surface area contributed by atoms with E-state index in [1.165, 1.54) is 6.07 Å². The highest BCUT2D eigenvalue weighted by molar-refractivity contribution is 5.93. The Balaban J connectivity index is 1.66. The molecule has 1 amide bonds. The van der Waals surface area contributed by atoms with Crippen LogP contribution in [0.2, 0.25) is 0 Å². The number of nitrogens with zero attached hydrogens (tertiary/aromatic N) is 5. The molecule has 116 valence electrons. The van der Waals surface area contributed by atoms with Crippen LogP contribution in [0.1, 0.15) is 35.1 Å². The van der Waals surface area contributed by atoms with Gasteiger partial charge in [0.05, 0.1) is 11.7 Å². The lowest BCUT2D eigenvalue weighted by Crippen LogP contribution is -2.31. The molecule has 0 aliphatic carbocycles. The number of nitrogens with one attached hydrogen (secondary N) is 1. The summed E-state index contributed by atoms with van der Waals surface area (Å²) in [5.74, 6) is 0.347. The third-order valence-electron chi connectivity index (χ3n) is 4.01. The van der Waals surface area contributed by atoms with Crippen LogP contribution in [0.25, 0.3) is 5.78 Å². The molecule has 0 bridgehead atoms. The second kappa shape index (κ2) is 5.31. The number of hydrogen-bond donors (Lipinski definition) is 1. The molecule has 0 radical (unpaired) electrons. The fourth-order valence-electron chi connectivity index (χ4n) is 2.94. The van der Waals surface area contributed by atoms with E-state index in [0.717, 1.165) is 12.8 Å². The zero-order chi connectivity index (χ0) is 15.8. The lowest BCUT2D eigenvalue weighted by Gasteiger charge is -2.23. The Kier molecular flexibility index (Phi) is 3.14. The second-order valence-electron chi connectivity index (χ2n) is 5.46. The molecule has 0 aromatic carbocycles. The minimum atomic E-state index is -0.254. The fraction of sp³-hybridized carbons (Fsp3) is 0.267. The Morgan fingerprint density at radius 1 is 1.35 bits per heavy atom. The van der Waals surface area contributed by atoms with Crippen molar-refractivity contribution < 1.29 is 4.79 Å². The molecule has 1 atom stereocenters. The van der Waals surface area contributed by atoms with Crippen LogP contribution >= 0.6 is 0 Å². The smallest absolute Gasteiger partial charge is 0.274 e. The summed E-state index contributed by atoms with van der Waals surface area (Å²) in [7, 11) is 0. The SMILES string of the molecule is O=C(c1cn2cccnc2n1)N1CCCC1c1ccc(=O)[nH]n1. The summed E-state index contributed by atoms with van der Waals surface area (Å²) >= 11 is 0. The molecule has 1 N–H and O–H groups in total. The van der Waals surface area contributed by atoms with Crippen molar-refractivity contribution >= 4 is 11.7 Å². The third-order valence-corrected chi connectivity index (χ3v) is 4.01. The molecular formula is C15H14N6O2. The summed E-state index contributed by atoms with van der Waals surface area (Å²) < 4.78 is 1.72. The van der Waals surface area contributed by atoms with E-state index in [4.69, 9.17) is 0 Å². The maximum absolute atomic E-state index is 12.8. The van der Waals surface area contributed by atoms with Gasteiger partial charge < -0.3 is 4.90 Å². The molecule has 1 aliphatic heterocycles. The van der Waals surface area contributed by atoms with Gasteiger partial charge in [-0.25, -0.2) is 15.1 Å². The van der Waals surface area contributed by atoms with Crippen molar-refractivity contribution in [3.63, 3.8) is 0 Å². The van der Waals surface area contributed by atoms with Crippen molar-refractivity contribution in [1.82, 2.24) is 29.5 Å². The number of likely N-dealkylation sites (tertiary alicyclic amines) is 1. The van der Waals surface area contributed by atoms with Crippen molar-refractivity contribution in [1.29, 1.82) is 0 Å². The van der Waals surface area contributed by atoms with Crippen molar-refractivity contribution in [2.75, 3.05) is 6.54 Å². The molecule has 1 saturated heterocycles. The van der Waals surface area contributed by atoms with E-state index in [0.29, 0.717) is 23.7 Å². The lowest BCUT2D eigenvalue weighted by molar-refractivity contribution is 0.0727. The average Bonchev–Trinajstić information content (AvgIpc) is 3.21. The van der Waals surface area contributed by atoms with E-state index in [1.54, 1.807) is 40.0 Å². The highest BCUT2D eigenvalue weighted by Crippen LogP contribution is 2.31. The maximum Gasteiger partial charge on any atom is 0.274 e. The summed E-state index contributed by atoms with van der Waals surface area (Å²) in [5, 5.41) is 6.48. The number of aromatic nitrogens is 5. The molecular weight excluding hydrogens is 296 g/mol. The molecule has 8 nitrogen and oxygen atoms in total. The van der Waals surface area contributed by atoms with Gasteiger partial charge in [0.25, 0.3) is 11.5 Å². The van der Waals surface area contributed by atoms with E-state index >= 15 is 0 Å². The number of amides is 1. The van der Waals surface area contributed by atoms with Gasteiger partial charge in [-0.15, -0.1) is 0 Å². The molecule has 3 aromatic rings. The summed E-state index contributed by atoms with van der Waals surface area (Å²) in [4.78, 5) is 34.1. The van der Waals surface area contributed by atoms with Crippen LogP contribution in [0.15, 0.2) is 41.6 Å². The zero-order valence-corrected chi connectivity index (χ0v) is 12.2. The molecule has 4 rings (SSSR count). The molecule has 0 saturated carbocycles. The Morgan fingerprint density at radius 3 is 3.04 bits per heavy atom. The number of aromatic amines is 1. The zero-order valence-electron chi connectivity index (χ0n) is 12.2. The van der Waals surface area contributed by atoms with Crippen LogP contribution in [-0.2, 0) is 0 Å². The van der Waals surface area contributed by atoms with Gasteiger partial charge in [0.2, 0.25) is 5.78 Å². The van der Waals surface area contributed by atoms with E-state index < -0.39 is 0 Å². The molecule has 1 aliphatic rings. The molecule has 23 heavy (non-hydrogen) atoms. The van der Waals surface area contributed by atoms with E-state index in [1.807, 2.05) is 0 Å². The number of carbonyl (C=O) groups is 1. The Labute approximate surface area is 130 Å². The topological polar surface area (TPSA) is 96.3 Å². The second-order valence-corrected chi connectivity index (χ2v) is 5.46. The molecule has 4 heterocycles. The van der Waals surface area contributed by atoms with Crippen LogP contribution in [0.4, 0.5) is 0 Å². The van der Waals surface area contributed by atoms with E-state index in [2.05, 4.69) is 20.2 Å². The normalized spacial score (nSPS) is 17.7. The molecule has 8 heteroatoms. The van der Waals surface area contributed by atoms with Gasteiger partial charge in [-0.05, 0) is 25.0 Å². The van der Waals surface area contributed by atoms with Gasteiger partial charge in [0.1, 0.15) is 5.69 Å². The van der Waals surface area contributed by atoms with Crippen LogP contribution in [0.3, 0.4) is 0 Å². The quantitative estimate of drug-likeness (QED) is 0.755. The number of carbonyl (C=O) groups excluding carboxylic acids is 1. The van der Waals surface area contributed by atoms with Gasteiger partial charge >= 0.3 is 0 Å². The lowest BCUT2D eigenvalue weighted by atomic mass is 10.1. The maximum atomic E-state index is 12.8. The fourth-order valence-corrected chi connectivity index (χ4v) is 2.94. The predicted molar refractivity (Wildman–Crippen MR) is 80.9 cm³/mol. The first kappa shape index (κ1) is 13.6. The van der Waals surface area contributed by atoms with Gasteiger partial charge in [-0.2, -0.15) is 5.10 Å². The first-order chi connectivity index (χ1) is 11.2. The summed E-state index contributed by atoms with van der Waals surface area (Å²) in [6.07, 6.45) is 6.83. The summed E-state index contributed by atoms with van der Waals surface area (Å²) in [6, 6.07) is 4.74.